The lowest BCUT2D eigenvalue weighted by Gasteiger charge is -2.34. The molecule has 0 aliphatic carbocycles. The number of carbonyl (C=O) groups excluding carboxylic acids is 2. The lowest BCUT2D eigenvalue weighted by Crippen LogP contribution is -2.49. The summed E-state index contributed by atoms with van der Waals surface area (Å²) >= 11 is 5.79. The van der Waals surface area contributed by atoms with Crippen LogP contribution in [-0.4, -0.2) is 80.8 Å². The molecule has 10 heteroatoms. The lowest BCUT2D eigenvalue weighted by molar-refractivity contribution is -0.152. The lowest BCUT2D eigenvalue weighted by atomic mass is 10.1. The average molecular weight is 494 g/mol. The highest BCUT2D eigenvalue weighted by Gasteiger charge is 2.25. The molecule has 1 heterocycles. The number of hydrogen-bond acceptors (Lipinski definition) is 6. The molecule has 2 aromatic carbocycles. The van der Waals surface area contributed by atoms with Gasteiger partial charge >= 0.3 is 5.97 Å². The second-order valence-electron chi connectivity index (χ2n) is 8.02. The van der Waals surface area contributed by atoms with Crippen molar-refractivity contribution in [3.63, 3.8) is 0 Å². The number of sulfonamides is 1. The summed E-state index contributed by atoms with van der Waals surface area (Å²) in [5, 5.41) is 0.408. The van der Waals surface area contributed by atoms with E-state index in [1.807, 2.05) is 6.07 Å². The summed E-state index contributed by atoms with van der Waals surface area (Å²) in [5.41, 5.74) is 2.45. The van der Waals surface area contributed by atoms with Crippen LogP contribution in [0.4, 0.5) is 0 Å². The van der Waals surface area contributed by atoms with Gasteiger partial charge in [-0.1, -0.05) is 41.4 Å². The number of carbonyl (C=O) groups is 2. The summed E-state index contributed by atoms with van der Waals surface area (Å²) < 4.78 is 31.0. The number of rotatable bonds is 8. The minimum absolute atomic E-state index is 0.0156. The number of likely N-dealkylation sites (N-methyl/N-ethyl adjacent to an activating group) is 1. The van der Waals surface area contributed by atoms with E-state index in [-0.39, 0.29) is 10.8 Å². The number of esters is 1. The van der Waals surface area contributed by atoms with E-state index < -0.39 is 29.1 Å². The molecular formula is C23H28ClN3O5S. The van der Waals surface area contributed by atoms with Gasteiger partial charge in [0.05, 0.1) is 4.90 Å². The third-order valence-electron chi connectivity index (χ3n) is 5.44. The first kappa shape index (κ1) is 25.2. The van der Waals surface area contributed by atoms with E-state index in [1.165, 1.54) is 42.4 Å². The molecule has 1 aliphatic rings. The van der Waals surface area contributed by atoms with E-state index in [0.717, 1.165) is 23.9 Å². The van der Waals surface area contributed by atoms with Crippen molar-refractivity contribution in [3.05, 3.63) is 64.7 Å². The quantitative estimate of drug-likeness (QED) is 0.524. The predicted molar refractivity (Wildman–Crippen MR) is 125 cm³/mol. The van der Waals surface area contributed by atoms with Crippen LogP contribution in [-0.2, 0) is 30.9 Å². The third kappa shape index (κ3) is 7.01. The Kier molecular flexibility index (Phi) is 8.47. The molecule has 0 aromatic heterocycles. The number of hydrogen-bond donors (Lipinski definition) is 0. The molecule has 33 heavy (non-hydrogen) atoms. The SMILES string of the molecule is Cc1cccc(CN2CCN(C(=O)COC(=O)CN(C)S(=O)(=O)c3ccc(Cl)cc3)CC2)c1. The van der Waals surface area contributed by atoms with Crippen molar-refractivity contribution in [1.82, 2.24) is 14.1 Å². The van der Waals surface area contributed by atoms with E-state index in [4.69, 9.17) is 16.3 Å². The molecule has 1 fully saturated rings. The summed E-state index contributed by atoms with van der Waals surface area (Å²) in [6.45, 7) is 4.54. The van der Waals surface area contributed by atoms with Gasteiger partial charge in [-0.2, -0.15) is 4.31 Å². The Balaban J connectivity index is 1.42. The van der Waals surface area contributed by atoms with Gasteiger partial charge in [-0.3, -0.25) is 14.5 Å². The number of piperazine rings is 1. The Hall–Kier alpha value is -2.46. The first-order valence-electron chi connectivity index (χ1n) is 10.6. The van der Waals surface area contributed by atoms with E-state index in [1.54, 1.807) is 4.90 Å². The second-order valence-corrected chi connectivity index (χ2v) is 10.5. The van der Waals surface area contributed by atoms with Crippen molar-refractivity contribution in [2.45, 2.75) is 18.4 Å². The largest absolute Gasteiger partial charge is 0.455 e. The maximum absolute atomic E-state index is 12.5. The van der Waals surface area contributed by atoms with Crippen LogP contribution in [0.3, 0.4) is 0 Å². The van der Waals surface area contributed by atoms with E-state index >= 15 is 0 Å². The van der Waals surface area contributed by atoms with Gasteiger partial charge in [0.25, 0.3) is 5.91 Å². The molecule has 1 amide bonds. The van der Waals surface area contributed by atoms with Gasteiger partial charge in [-0.25, -0.2) is 8.42 Å². The van der Waals surface area contributed by atoms with Gasteiger partial charge in [-0.15, -0.1) is 0 Å². The maximum Gasteiger partial charge on any atom is 0.321 e. The number of amides is 1. The molecule has 0 spiro atoms. The zero-order valence-corrected chi connectivity index (χ0v) is 20.3. The fourth-order valence-electron chi connectivity index (χ4n) is 3.56. The van der Waals surface area contributed by atoms with Crippen LogP contribution in [0.1, 0.15) is 11.1 Å². The number of nitrogens with zero attached hydrogens (tertiary/aromatic N) is 3. The normalized spacial score (nSPS) is 15.0. The van der Waals surface area contributed by atoms with Gasteiger partial charge in [0.1, 0.15) is 6.54 Å². The monoisotopic (exact) mass is 493 g/mol. The minimum Gasteiger partial charge on any atom is -0.455 e. The molecule has 2 aromatic rings. The summed E-state index contributed by atoms with van der Waals surface area (Å²) in [5.74, 6) is -1.08. The first-order chi connectivity index (χ1) is 15.6. The van der Waals surface area contributed by atoms with Crippen LogP contribution in [0.25, 0.3) is 0 Å². The van der Waals surface area contributed by atoms with Gasteiger partial charge in [-0.05, 0) is 36.8 Å². The number of halogens is 1. The Morgan fingerprint density at radius 2 is 1.73 bits per heavy atom. The Labute approximate surface area is 199 Å². The average Bonchev–Trinajstić information content (AvgIpc) is 2.78. The summed E-state index contributed by atoms with van der Waals surface area (Å²) in [6, 6.07) is 14.0. The first-order valence-corrected chi connectivity index (χ1v) is 12.4. The van der Waals surface area contributed by atoms with Crippen LogP contribution >= 0.6 is 11.6 Å². The molecule has 0 bridgehead atoms. The molecule has 0 radical (unpaired) electrons. The molecule has 1 aliphatic heterocycles. The highest BCUT2D eigenvalue weighted by Crippen LogP contribution is 2.17. The van der Waals surface area contributed by atoms with Crippen molar-refractivity contribution in [2.24, 2.45) is 0 Å². The maximum atomic E-state index is 12.5. The fourth-order valence-corrected chi connectivity index (χ4v) is 4.80. The highest BCUT2D eigenvalue weighted by molar-refractivity contribution is 7.89. The van der Waals surface area contributed by atoms with Crippen molar-refractivity contribution in [1.29, 1.82) is 0 Å². The molecule has 0 atom stereocenters. The van der Waals surface area contributed by atoms with Gasteiger partial charge < -0.3 is 9.64 Å². The summed E-state index contributed by atoms with van der Waals surface area (Å²) in [7, 11) is -2.59. The van der Waals surface area contributed by atoms with Crippen LogP contribution in [0.5, 0.6) is 0 Å². The zero-order chi connectivity index (χ0) is 24.0. The van der Waals surface area contributed by atoms with Gasteiger partial charge in [0.15, 0.2) is 6.61 Å². The molecule has 3 rings (SSSR count). The molecule has 0 saturated carbocycles. The minimum atomic E-state index is -3.87. The number of benzene rings is 2. The Bertz CT molecular complexity index is 1080. The molecule has 178 valence electrons. The number of ether oxygens (including phenoxy) is 1. The van der Waals surface area contributed by atoms with Crippen LogP contribution in [0.15, 0.2) is 53.4 Å². The van der Waals surface area contributed by atoms with Crippen LogP contribution in [0.2, 0.25) is 5.02 Å². The molecule has 0 N–H and O–H groups in total. The van der Waals surface area contributed by atoms with Gasteiger partial charge in [0, 0.05) is 44.8 Å². The van der Waals surface area contributed by atoms with Crippen molar-refractivity contribution < 1.29 is 22.7 Å². The number of aryl methyl sites for hydroxylation is 1. The van der Waals surface area contributed by atoms with Crippen molar-refractivity contribution >= 4 is 33.5 Å². The molecular weight excluding hydrogens is 466 g/mol. The molecule has 1 saturated heterocycles. The zero-order valence-electron chi connectivity index (χ0n) is 18.7. The fraction of sp³-hybridized carbons (Fsp3) is 0.391. The standard InChI is InChI=1S/C23H28ClN3O5S/c1-18-4-3-5-19(14-18)15-26-10-12-27(13-11-26)22(28)17-32-23(29)16-25(2)33(30,31)21-8-6-20(24)7-9-21/h3-9,14H,10-13,15-17H2,1-2H3. The van der Waals surface area contributed by atoms with Gasteiger partial charge in [0.2, 0.25) is 10.0 Å². The van der Waals surface area contributed by atoms with Crippen LogP contribution < -0.4 is 0 Å². The smallest absolute Gasteiger partial charge is 0.321 e. The molecule has 0 unspecified atom stereocenters. The summed E-state index contributed by atoms with van der Waals surface area (Å²) in [6.07, 6.45) is 0. The van der Waals surface area contributed by atoms with E-state index in [9.17, 15) is 18.0 Å². The van der Waals surface area contributed by atoms with Crippen molar-refractivity contribution in [2.75, 3.05) is 46.4 Å². The van der Waals surface area contributed by atoms with E-state index in [0.29, 0.717) is 18.1 Å². The van der Waals surface area contributed by atoms with E-state index in [2.05, 4.69) is 30.0 Å². The Morgan fingerprint density at radius 1 is 1.06 bits per heavy atom. The van der Waals surface area contributed by atoms with Crippen LogP contribution in [0, 0.1) is 6.92 Å². The highest BCUT2D eigenvalue weighted by atomic mass is 35.5. The Morgan fingerprint density at radius 3 is 2.36 bits per heavy atom. The summed E-state index contributed by atoms with van der Waals surface area (Å²) in [4.78, 5) is 28.5. The topological polar surface area (TPSA) is 87.2 Å². The van der Waals surface area contributed by atoms with Crippen molar-refractivity contribution in [3.8, 4) is 0 Å². The second kappa shape index (κ2) is 11.1. The third-order valence-corrected chi connectivity index (χ3v) is 7.51. The molecule has 8 nitrogen and oxygen atoms in total. The predicted octanol–water partition coefficient (Wildman–Crippen LogP) is 2.16.